The van der Waals surface area contributed by atoms with E-state index in [1.807, 2.05) is 45.9 Å². The Morgan fingerprint density at radius 1 is 1.14 bits per heavy atom. The van der Waals surface area contributed by atoms with Gasteiger partial charge in [0.1, 0.15) is 6.10 Å². The Kier molecular flexibility index (Phi) is 4.99. The second-order valence-electron chi connectivity index (χ2n) is 6.83. The standard InChI is InChI=1S/C16H26BNO4/c1-15(2)16(3,4)22-17(21-15)12-8-6-7-11(9-12)14(20)13(19)10-18-5/h6-9,13-14,18-20H,10H2,1-5H3. The van der Waals surface area contributed by atoms with Gasteiger partial charge in [-0.1, -0.05) is 24.3 Å². The van der Waals surface area contributed by atoms with E-state index in [1.165, 1.54) is 0 Å². The number of hydrogen-bond acceptors (Lipinski definition) is 5. The summed E-state index contributed by atoms with van der Waals surface area (Å²) in [6.45, 7) is 8.33. The first-order valence-corrected chi connectivity index (χ1v) is 7.64. The van der Waals surface area contributed by atoms with Crippen molar-refractivity contribution in [1.29, 1.82) is 0 Å². The molecule has 3 N–H and O–H groups in total. The first-order chi connectivity index (χ1) is 10.2. The highest BCUT2D eigenvalue weighted by Gasteiger charge is 2.51. The maximum Gasteiger partial charge on any atom is 0.494 e. The largest absolute Gasteiger partial charge is 0.494 e. The lowest BCUT2D eigenvalue weighted by Crippen LogP contribution is -2.41. The second kappa shape index (κ2) is 6.30. The monoisotopic (exact) mass is 307 g/mol. The molecule has 2 atom stereocenters. The molecule has 1 aromatic rings. The Hall–Kier alpha value is -0.915. The van der Waals surface area contributed by atoms with E-state index in [0.29, 0.717) is 12.1 Å². The van der Waals surface area contributed by atoms with E-state index in [1.54, 1.807) is 13.1 Å². The summed E-state index contributed by atoms with van der Waals surface area (Å²) in [4.78, 5) is 0. The van der Waals surface area contributed by atoms with Crippen molar-refractivity contribution in [3.05, 3.63) is 29.8 Å². The molecule has 0 aliphatic carbocycles. The topological polar surface area (TPSA) is 71.0 Å². The van der Waals surface area contributed by atoms with Gasteiger partial charge in [-0.05, 0) is 45.8 Å². The van der Waals surface area contributed by atoms with Gasteiger partial charge >= 0.3 is 7.12 Å². The van der Waals surface area contributed by atoms with E-state index in [2.05, 4.69) is 5.32 Å². The molecule has 0 radical (unpaired) electrons. The average Bonchev–Trinajstić information content (AvgIpc) is 2.67. The van der Waals surface area contributed by atoms with Crippen molar-refractivity contribution in [3.8, 4) is 0 Å². The molecule has 1 saturated heterocycles. The fraction of sp³-hybridized carbons (Fsp3) is 0.625. The van der Waals surface area contributed by atoms with E-state index in [0.717, 1.165) is 5.46 Å². The van der Waals surface area contributed by atoms with Crippen LogP contribution < -0.4 is 10.8 Å². The van der Waals surface area contributed by atoms with Crippen LogP contribution in [0.15, 0.2) is 24.3 Å². The van der Waals surface area contributed by atoms with E-state index in [9.17, 15) is 10.2 Å². The molecule has 1 aliphatic heterocycles. The van der Waals surface area contributed by atoms with Crippen molar-refractivity contribution in [2.24, 2.45) is 0 Å². The third kappa shape index (κ3) is 3.36. The molecule has 0 bridgehead atoms. The van der Waals surface area contributed by atoms with Crippen LogP contribution in [0.5, 0.6) is 0 Å². The van der Waals surface area contributed by atoms with E-state index in [-0.39, 0.29) is 0 Å². The maximum absolute atomic E-state index is 10.2. The van der Waals surface area contributed by atoms with E-state index < -0.39 is 30.5 Å². The van der Waals surface area contributed by atoms with Crippen LogP contribution in [-0.2, 0) is 9.31 Å². The van der Waals surface area contributed by atoms with Crippen LogP contribution >= 0.6 is 0 Å². The molecule has 0 saturated carbocycles. The summed E-state index contributed by atoms with van der Waals surface area (Å²) in [6.07, 6.45) is -1.81. The Morgan fingerprint density at radius 3 is 2.27 bits per heavy atom. The summed E-state index contributed by atoms with van der Waals surface area (Å²) in [5, 5.41) is 23.0. The molecule has 2 unspecified atom stereocenters. The number of nitrogens with one attached hydrogen (secondary N) is 1. The van der Waals surface area contributed by atoms with Crippen LogP contribution in [0.4, 0.5) is 0 Å². The summed E-state index contributed by atoms with van der Waals surface area (Å²) in [7, 11) is 1.26. The molecule has 1 aliphatic rings. The minimum absolute atomic E-state index is 0.321. The quantitative estimate of drug-likeness (QED) is 0.695. The van der Waals surface area contributed by atoms with Gasteiger partial charge in [0.05, 0.1) is 17.3 Å². The number of rotatable bonds is 5. The van der Waals surface area contributed by atoms with Crippen molar-refractivity contribution in [1.82, 2.24) is 5.32 Å². The third-order valence-electron chi connectivity index (χ3n) is 4.56. The van der Waals surface area contributed by atoms with Crippen LogP contribution in [0.2, 0.25) is 0 Å². The zero-order valence-corrected chi connectivity index (χ0v) is 14.0. The van der Waals surface area contributed by atoms with E-state index >= 15 is 0 Å². The molecule has 0 spiro atoms. The van der Waals surface area contributed by atoms with Gasteiger partial charge in [0.25, 0.3) is 0 Å². The fourth-order valence-corrected chi connectivity index (χ4v) is 2.41. The SMILES string of the molecule is CNCC(O)C(O)c1cccc(B2OC(C)(C)C(C)(C)O2)c1. The fourth-order valence-electron chi connectivity index (χ4n) is 2.41. The predicted octanol–water partition coefficient (Wildman–Crippen LogP) is 0.599. The normalized spacial score (nSPS) is 22.6. The second-order valence-corrected chi connectivity index (χ2v) is 6.83. The van der Waals surface area contributed by atoms with Gasteiger partial charge in [-0.15, -0.1) is 0 Å². The van der Waals surface area contributed by atoms with Crippen LogP contribution in [0, 0.1) is 0 Å². The Labute approximate surface area is 132 Å². The molecule has 6 heteroatoms. The molecule has 1 aromatic carbocycles. The lowest BCUT2D eigenvalue weighted by Gasteiger charge is -2.32. The maximum atomic E-state index is 10.2. The summed E-state index contributed by atoms with van der Waals surface area (Å²) in [5.74, 6) is 0. The number of aliphatic hydroxyl groups is 2. The summed E-state index contributed by atoms with van der Waals surface area (Å²) < 4.78 is 12.0. The van der Waals surface area contributed by atoms with Crippen molar-refractivity contribution < 1.29 is 19.5 Å². The van der Waals surface area contributed by atoms with Gasteiger partial charge in [0.15, 0.2) is 0 Å². The van der Waals surface area contributed by atoms with Crippen molar-refractivity contribution >= 4 is 12.6 Å². The molecule has 1 heterocycles. The Balaban J connectivity index is 2.20. The number of likely N-dealkylation sites (N-methyl/N-ethyl adjacent to an activating group) is 1. The number of benzene rings is 1. The van der Waals surface area contributed by atoms with Crippen LogP contribution in [-0.4, -0.2) is 48.2 Å². The van der Waals surface area contributed by atoms with Crippen molar-refractivity contribution in [2.45, 2.75) is 51.1 Å². The number of aliphatic hydroxyl groups excluding tert-OH is 2. The number of hydrogen-bond donors (Lipinski definition) is 3. The molecular weight excluding hydrogens is 281 g/mol. The summed E-state index contributed by atoms with van der Waals surface area (Å²) in [5.41, 5.74) is 0.678. The molecular formula is C16H26BNO4. The van der Waals surface area contributed by atoms with Crippen LogP contribution in [0.25, 0.3) is 0 Å². The third-order valence-corrected chi connectivity index (χ3v) is 4.56. The highest BCUT2D eigenvalue weighted by atomic mass is 16.7. The smallest absolute Gasteiger partial charge is 0.399 e. The Morgan fingerprint density at radius 2 is 1.73 bits per heavy atom. The minimum Gasteiger partial charge on any atom is -0.399 e. The first kappa shape index (κ1) is 17.4. The van der Waals surface area contributed by atoms with Gasteiger partial charge in [-0.25, -0.2) is 0 Å². The zero-order valence-electron chi connectivity index (χ0n) is 14.0. The lowest BCUT2D eigenvalue weighted by atomic mass is 9.78. The predicted molar refractivity (Wildman–Crippen MR) is 87.1 cm³/mol. The van der Waals surface area contributed by atoms with Crippen molar-refractivity contribution in [3.63, 3.8) is 0 Å². The molecule has 122 valence electrons. The summed E-state index contributed by atoms with van der Waals surface area (Å²) >= 11 is 0. The summed E-state index contributed by atoms with van der Waals surface area (Å²) in [6, 6.07) is 7.36. The molecule has 2 rings (SSSR count). The minimum atomic E-state index is -0.949. The first-order valence-electron chi connectivity index (χ1n) is 7.64. The van der Waals surface area contributed by atoms with Crippen LogP contribution in [0.1, 0.15) is 39.4 Å². The van der Waals surface area contributed by atoms with Gasteiger partial charge in [0, 0.05) is 6.54 Å². The van der Waals surface area contributed by atoms with Crippen molar-refractivity contribution in [2.75, 3.05) is 13.6 Å². The van der Waals surface area contributed by atoms with Gasteiger partial charge < -0.3 is 24.8 Å². The molecule has 1 fully saturated rings. The van der Waals surface area contributed by atoms with Gasteiger partial charge in [-0.2, -0.15) is 0 Å². The Bertz CT molecular complexity index is 505. The zero-order chi connectivity index (χ0) is 16.5. The van der Waals surface area contributed by atoms with Gasteiger partial charge in [0.2, 0.25) is 0 Å². The molecule has 22 heavy (non-hydrogen) atoms. The molecule has 0 aromatic heterocycles. The van der Waals surface area contributed by atoms with E-state index in [4.69, 9.17) is 9.31 Å². The lowest BCUT2D eigenvalue weighted by molar-refractivity contribution is 0.00578. The average molecular weight is 307 g/mol. The van der Waals surface area contributed by atoms with Crippen LogP contribution in [0.3, 0.4) is 0 Å². The molecule has 5 nitrogen and oxygen atoms in total. The van der Waals surface area contributed by atoms with Gasteiger partial charge in [-0.3, -0.25) is 0 Å². The highest BCUT2D eigenvalue weighted by molar-refractivity contribution is 6.62. The highest BCUT2D eigenvalue weighted by Crippen LogP contribution is 2.36. The molecule has 0 amide bonds.